The molecule has 0 atom stereocenters. The highest BCUT2D eigenvalue weighted by molar-refractivity contribution is 8.04. The number of hydrogen-bond acceptors (Lipinski definition) is 3. The first-order valence-corrected chi connectivity index (χ1v) is 7.43. The summed E-state index contributed by atoms with van der Waals surface area (Å²) in [7, 11) is 1.65. The van der Waals surface area contributed by atoms with Gasteiger partial charge in [-0.05, 0) is 48.4 Å². The molecule has 106 valence electrons. The Labute approximate surface area is 128 Å². The topological polar surface area (TPSA) is 38.3 Å². The van der Waals surface area contributed by atoms with E-state index < -0.39 is 0 Å². The zero-order valence-electron chi connectivity index (χ0n) is 11.8. The molecule has 0 unspecified atom stereocenters. The second-order valence-corrected chi connectivity index (χ2v) is 5.87. The predicted octanol–water partition coefficient (Wildman–Crippen LogP) is 4.09. The summed E-state index contributed by atoms with van der Waals surface area (Å²) in [6, 6.07) is 13.6. The van der Waals surface area contributed by atoms with Gasteiger partial charge in [-0.25, -0.2) is 0 Å². The zero-order valence-corrected chi connectivity index (χ0v) is 12.7. The van der Waals surface area contributed by atoms with Crippen molar-refractivity contribution in [2.75, 3.05) is 12.4 Å². The summed E-state index contributed by atoms with van der Waals surface area (Å²) in [6.45, 7) is 2.01. The molecule has 1 aliphatic rings. The molecule has 1 N–H and O–H groups in total. The molecular weight excluding hydrogens is 282 g/mol. The van der Waals surface area contributed by atoms with Crippen LogP contribution in [0.2, 0.25) is 0 Å². The summed E-state index contributed by atoms with van der Waals surface area (Å²) in [5.41, 5.74) is 2.97. The Morgan fingerprint density at radius 3 is 2.76 bits per heavy atom. The van der Waals surface area contributed by atoms with Crippen molar-refractivity contribution in [2.24, 2.45) is 0 Å². The Bertz CT molecular complexity index is 737. The van der Waals surface area contributed by atoms with E-state index in [1.165, 1.54) is 11.8 Å². The van der Waals surface area contributed by atoms with Gasteiger partial charge in [0.15, 0.2) is 0 Å². The van der Waals surface area contributed by atoms with Crippen molar-refractivity contribution in [3.8, 4) is 5.75 Å². The van der Waals surface area contributed by atoms with Crippen LogP contribution in [0.3, 0.4) is 0 Å². The average Bonchev–Trinajstić information content (AvgIpc) is 2.49. The molecule has 0 saturated heterocycles. The highest BCUT2D eigenvalue weighted by atomic mass is 32.2. The SMILES string of the molecule is COc1ccc(/C=C2\Sc3ccccc3NC2=O)c(C)c1. The number of anilines is 1. The third-order valence-electron chi connectivity index (χ3n) is 3.34. The van der Waals surface area contributed by atoms with E-state index in [1.54, 1.807) is 7.11 Å². The van der Waals surface area contributed by atoms with E-state index in [2.05, 4.69) is 5.32 Å². The molecule has 3 rings (SSSR count). The van der Waals surface area contributed by atoms with Crippen LogP contribution < -0.4 is 10.1 Å². The molecule has 1 amide bonds. The molecule has 0 aliphatic carbocycles. The molecule has 0 saturated carbocycles. The number of amides is 1. The van der Waals surface area contributed by atoms with E-state index in [1.807, 2.05) is 55.5 Å². The van der Waals surface area contributed by atoms with Crippen molar-refractivity contribution in [1.29, 1.82) is 0 Å². The third kappa shape index (κ3) is 2.81. The number of ether oxygens (including phenoxy) is 1. The fraction of sp³-hybridized carbons (Fsp3) is 0.118. The molecule has 2 aromatic rings. The van der Waals surface area contributed by atoms with Gasteiger partial charge in [0.2, 0.25) is 0 Å². The smallest absolute Gasteiger partial charge is 0.262 e. The Kier molecular flexibility index (Phi) is 3.71. The number of para-hydroxylation sites is 1. The number of fused-ring (bicyclic) bond motifs is 1. The molecule has 3 nitrogen and oxygen atoms in total. The van der Waals surface area contributed by atoms with Gasteiger partial charge in [-0.2, -0.15) is 0 Å². The Morgan fingerprint density at radius 1 is 1.19 bits per heavy atom. The van der Waals surface area contributed by atoms with E-state index in [9.17, 15) is 4.79 Å². The molecule has 0 bridgehead atoms. The molecule has 1 aliphatic heterocycles. The van der Waals surface area contributed by atoms with Gasteiger partial charge in [0, 0.05) is 4.90 Å². The molecule has 0 spiro atoms. The molecule has 2 aromatic carbocycles. The number of rotatable bonds is 2. The summed E-state index contributed by atoms with van der Waals surface area (Å²) in [6.07, 6.45) is 1.92. The van der Waals surface area contributed by atoms with Gasteiger partial charge in [0.1, 0.15) is 5.75 Å². The van der Waals surface area contributed by atoms with E-state index in [-0.39, 0.29) is 5.91 Å². The van der Waals surface area contributed by atoms with Gasteiger partial charge in [0.25, 0.3) is 5.91 Å². The molecular formula is C17H15NO2S. The Morgan fingerprint density at radius 2 is 2.00 bits per heavy atom. The maximum atomic E-state index is 12.2. The predicted molar refractivity (Wildman–Crippen MR) is 86.6 cm³/mol. The molecule has 0 fully saturated rings. The normalized spacial score (nSPS) is 15.5. The maximum absolute atomic E-state index is 12.2. The van der Waals surface area contributed by atoms with Crippen LogP contribution in [-0.4, -0.2) is 13.0 Å². The van der Waals surface area contributed by atoms with Crippen LogP contribution in [0.25, 0.3) is 6.08 Å². The fourth-order valence-electron chi connectivity index (χ4n) is 2.18. The van der Waals surface area contributed by atoms with Crippen LogP contribution in [0.5, 0.6) is 5.75 Å². The van der Waals surface area contributed by atoms with E-state index >= 15 is 0 Å². The first-order chi connectivity index (χ1) is 10.2. The quantitative estimate of drug-likeness (QED) is 0.849. The van der Waals surface area contributed by atoms with Crippen LogP contribution in [0.4, 0.5) is 5.69 Å². The summed E-state index contributed by atoms with van der Waals surface area (Å²) in [5.74, 6) is 0.759. The number of thioether (sulfide) groups is 1. The lowest BCUT2D eigenvalue weighted by atomic mass is 10.1. The summed E-state index contributed by atoms with van der Waals surface area (Å²) in [4.78, 5) is 13.9. The van der Waals surface area contributed by atoms with Crippen LogP contribution in [0.15, 0.2) is 52.3 Å². The highest BCUT2D eigenvalue weighted by Gasteiger charge is 2.20. The monoisotopic (exact) mass is 297 g/mol. The fourth-order valence-corrected chi connectivity index (χ4v) is 3.12. The van der Waals surface area contributed by atoms with Gasteiger partial charge in [-0.15, -0.1) is 0 Å². The molecule has 1 heterocycles. The molecule has 4 heteroatoms. The van der Waals surface area contributed by atoms with Gasteiger partial charge >= 0.3 is 0 Å². The number of hydrogen-bond donors (Lipinski definition) is 1. The number of aryl methyl sites for hydroxylation is 1. The van der Waals surface area contributed by atoms with Gasteiger partial charge < -0.3 is 10.1 Å². The summed E-state index contributed by atoms with van der Waals surface area (Å²) < 4.78 is 5.20. The highest BCUT2D eigenvalue weighted by Crippen LogP contribution is 2.38. The Hall–Kier alpha value is -2.20. The second-order valence-electron chi connectivity index (χ2n) is 4.78. The first kappa shape index (κ1) is 13.8. The number of benzene rings is 2. The second kappa shape index (κ2) is 5.66. The lowest BCUT2D eigenvalue weighted by Gasteiger charge is -2.18. The minimum atomic E-state index is -0.0612. The number of carbonyl (C=O) groups is 1. The lowest BCUT2D eigenvalue weighted by Crippen LogP contribution is -2.17. The molecule has 0 radical (unpaired) electrons. The van der Waals surface area contributed by atoms with Gasteiger partial charge in [-0.3, -0.25) is 4.79 Å². The van der Waals surface area contributed by atoms with E-state index in [0.717, 1.165) is 27.5 Å². The van der Waals surface area contributed by atoms with Crippen LogP contribution in [0.1, 0.15) is 11.1 Å². The molecule has 21 heavy (non-hydrogen) atoms. The van der Waals surface area contributed by atoms with Crippen molar-refractivity contribution in [3.05, 3.63) is 58.5 Å². The van der Waals surface area contributed by atoms with Crippen molar-refractivity contribution < 1.29 is 9.53 Å². The third-order valence-corrected chi connectivity index (χ3v) is 4.44. The number of nitrogens with one attached hydrogen (secondary N) is 1. The van der Waals surface area contributed by atoms with Gasteiger partial charge in [-0.1, -0.05) is 30.0 Å². The number of carbonyl (C=O) groups excluding carboxylic acids is 1. The maximum Gasteiger partial charge on any atom is 0.262 e. The van der Waals surface area contributed by atoms with Crippen molar-refractivity contribution in [2.45, 2.75) is 11.8 Å². The average molecular weight is 297 g/mol. The van der Waals surface area contributed by atoms with E-state index in [4.69, 9.17) is 4.74 Å². The largest absolute Gasteiger partial charge is 0.497 e. The molecule has 0 aromatic heterocycles. The van der Waals surface area contributed by atoms with Crippen LogP contribution in [-0.2, 0) is 4.79 Å². The van der Waals surface area contributed by atoms with Crippen LogP contribution in [0, 0.1) is 6.92 Å². The lowest BCUT2D eigenvalue weighted by molar-refractivity contribution is -0.112. The van der Waals surface area contributed by atoms with E-state index in [0.29, 0.717) is 4.91 Å². The standard InChI is InChI=1S/C17H15NO2S/c1-11-9-13(20-2)8-7-12(11)10-16-17(19)18-14-5-3-4-6-15(14)21-16/h3-10H,1-2H3,(H,18,19)/b16-10-. The van der Waals surface area contributed by atoms with Gasteiger partial charge in [0.05, 0.1) is 17.7 Å². The minimum Gasteiger partial charge on any atom is -0.497 e. The minimum absolute atomic E-state index is 0.0612. The summed E-state index contributed by atoms with van der Waals surface area (Å²) >= 11 is 1.50. The van der Waals surface area contributed by atoms with Crippen molar-refractivity contribution in [1.82, 2.24) is 0 Å². The zero-order chi connectivity index (χ0) is 14.8. The van der Waals surface area contributed by atoms with Crippen molar-refractivity contribution >= 4 is 29.4 Å². The Balaban J connectivity index is 1.95. The number of methoxy groups -OCH3 is 1. The summed E-state index contributed by atoms with van der Waals surface area (Å²) in [5, 5.41) is 2.92. The van der Waals surface area contributed by atoms with Crippen molar-refractivity contribution in [3.63, 3.8) is 0 Å². The first-order valence-electron chi connectivity index (χ1n) is 6.62. The van der Waals surface area contributed by atoms with Crippen LogP contribution >= 0.6 is 11.8 Å².